The SMILES string of the molecule is COc1cc(C=C2C(=O)OC3(CCCCC3)OC2=O)ccc1O. The van der Waals surface area contributed by atoms with Crippen molar-refractivity contribution in [2.45, 2.75) is 37.9 Å². The van der Waals surface area contributed by atoms with Crippen molar-refractivity contribution in [2.75, 3.05) is 7.11 Å². The molecule has 1 saturated carbocycles. The molecule has 0 bridgehead atoms. The Morgan fingerprint density at radius 3 is 2.39 bits per heavy atom. The molecular formula is C17H18O6. The maximum absolute atomic E-state index is 12.2. The Balaban J connectivity index is 1.86. The predicted octanol–water partition coefficient (Wildman–Crippen LogP) is 2.54. The van der Waals surface area contributed by atoms with Gasteiger partial charge in [-0.2, -0.15) is 0 Å². The normalized spacial score (nSPS) is 20.0. The van der Waals surface area contributed by atoms with Crippen molar-refractivity contribution in [3.63, 3.8) is 0 Å². The number of hydrogen-bond acceptors (Lipinski definition) is 6. The van der Waals surface area contributed by atoms with Gasteiger partial charge in [0.05, 0.1) is 7.11 Å². The monoisotopic (exact) mass is 318 g/mol. The third kappa shape index (κ3) is 3.02. The van der Waals surface area contributed by atoms with Crippen LogP contribution < -0.4 is 4.74 Å². The summed E-state index contributed by atoms with van der Waals surface area (Å²) >= 11 is 0. The molecule has 1 aliphatic carbocycles. The maximum Gasteiger partial charge on any atom is 0.348 e. The van der Waals surface area contributed by atoms with Crippen molar-refractivity contribution in [3.05, 3.63) is 29.3 Å². The molecule has 1 aromatic rings. The minimum Gasteiger partial charge on any atom is -0.504 e. The van der Waals surface area contributed by atoms with E-state index in [1.54, 1.807) is 6.07 Å². The van der Waals surface area contributed by atoms with E-state index in [0.717, 1.165) is 19.3 Å². The van der Waals surface area contributed by atoms with E-state index >= 15 is 0 Å². The molecule has 2 aliphatic rings. The highest BCUT2D eigenvalue weighted by atomic mass is 16.7. The summed E-state index contributed by atoms with van der Waals surface area (Å²) in [4.78, 5) is 24.5. The van der Waals surface area contributed by atoms with E-state index in [2.05, 4.69) is 0 Å². The van der Waals surface area contributed by atoms with Crippen molar-refractivity contribution in [3.8, 4) is 11.5 Å². The van der Waals surface area contributed by atoms with Crippen LogP contribution in [0.5, 0.6) is 11.5 Å². The number of esters is 2. The van der Waals surface area contributed by atoms with Crippen molar-refractivity contribution in [1.29, 1.82) is 0 Å². The lowest BCUT2D eigenvalue weighted by molar-refractivity contribution is -0.244. The molecule has 3 rings (SSSR count). The van der Waals surface area contributed by atoms with Gasteiger partial charge in [-0.1, -0.05) is 12.5 Å². The number of rotatable bonds is 2. The molecule has 0 aromatic heterocycles. The quantitative estimate of drug-likeness (QED) is 0.513. The first-order valence-electron chi connectivity index (χ1n) is 7.58. The van der Waals surface area contributed by atoms with Crippen LogP contribution in [0.15, 0.2) is 23.8 Å². The summed E-state index contributed by atoms with van der Waals surface area (Å²) < 4.78 is 15.8. The molecule has 1 aliphatic heterocycles. The summed E-state index contributed by atoms with van der Waals surface area (Å²) in [5.74, 6) is -2.20. The van der Waals surface area contributed by atoms with Gasteiger partial charge in [0.25, 0.3) is 5.79 Å². The molecule has 6 nitrogen and oxygen atoms in total. The molecule has 1 saturated heterocycles. The number of methoxy groups -OCH3 is 1. The molecule has 0 unspecified atom stereocenters. The molecule has 1 heterocycles. The Labute approximate surface area is 133 Å². The Morgan fingerprint density at radius 2 is 1.78 bits per heavy atom. The van der Waals surface area contributed by atoms with Crippen molar-refractivity contribution in [2.24, 2.45) is 0 Å². The van der Waals surface area contributed by atoms with E-state index in [1.807, 2.05) is 0 Å². The van der Waals surface area contributed by atoms with Crippen LogP contribution in [0.1, 0.15) is 37.7 Å². The van der Waals surface area contributed by atoms with E-state index in [4.69, 9.17) is 14.2 Å². The summed E-state index contributed by atoms with van der Waals surface area (Å²) in [6.45, 7) is 0. The summed E-state index contributed by atoms with van der Waals surface area (Å²) in [5, 5.41) is 9.58. The number of phenolic OH excluding ortho intramolecular Hbond substituents is 1. The van der Waals surface area contributed by atoms with Gasteiger partial charge in [0.2, 0.25) is 0 Å². The van der Waals surface area contributed by atoms with Gasteiger partial charge >= 0.3 is 11.9 Å². The van der Waals surface area contributed by atoms with Crippen molar-refractivity contribution in [1.82, 2.24) is 0 Å². The molecule has 0 atom stereocenters. The number of carbonyl (C=O) groups is 2. The van der Waals surface area contributed by atoms with Crippen LogP contribution in [0.4, 0.5) is 0 Å². The van der Waals surface area contributed by atoms with Crippen LogP contribution in [-0.4, -0.2) is 29.9 Å². The molecule has 6 heteroatoms. The highest BCUT2D eigenvalue weighted by molar-refractivity contribution is 6.18. The number of hydrogen-bond donors (Lipinski definition) is 1. The molecule has 122 valence electrons. The zero-order chi connectivity index (χ0) is 16.4. The Kier molecular flexibility index (Phi) is 3.98. The number of aromatic hydroxyl groups is 1. The number of ether oxygens (including phenoxy) is 3. The molecule has 1 N–H and O–H groups in total. The first-order chi connectivity index (χ1) is 11.0. The summed E-state index contributed by atoms with van der Waals surface area (Å²) in [5.41, 5.74) is 0.372. The molecule has 2 fully saturated rings. The fraction of sp³-hybridized carbons (Fsp3) is 0.412. The highest BCUT2D eigenvalue weighted by Crippen LogP contribution is 2.37. The summed E-state index contributed by atoms with van der Waals surface area (Å²) in [7, 11) is 1.42. The zero-order valence-electron chi connectivity index (χ0n) is 12.8. The minimum atomic E-state index is -1.09. The Hall–Kier alpha value is -2.50. The lowest BCUT2D eigenvalue weighted by atomic mass is 9.93. The largest absolute Gasteiger partial charge is 0.504 e. The highest BCUT2D eigenvalue weighted by Gasteiger charge is 2.46. The third-order valence-corrected chi connectivity index (χ3v) is 4.13. The standard InChI is InChI=1S/C17H18O6/c1-21-14-10-11(5-6-13(14)18)9-12-15(19)22-17(23-16(12)20)7-3-2-4-8-17/h5-6,9-10,18H,2-4,7-8H2,1H3. The van der Waals surface area contributed by atoms with Crippen LogP contribution in [0.25, 0.3) is 6.08 Å². The van der Waals surface area contributed by atoms with E-state index in [1.165, 1.54) is 25.3 Å². The van der Waals surface area contributed by atoms with Crippen molar-refractivity contribution < 1.29 is 28.9 Å². The molecule has 1 spiro atoms. The topological polar surface area (TPSA) is 82.1 Å². The smallest absolute Gasteiger partial charge is 0.348 e. The average molecular weight is 318 g/mol. The molecule has 0 radical (unpaired) electrons. The van der Waals surface area contributed by atoms with E-state index in [-0.39, 0.29) is 17.1 Å². The molecular weight excluding hydrogens is 300 g/mol. The van der Waals surface area contributed by atoms with Crippen molar-refractivity contribution >= 4 is 18.0 Å². The number of phenols is 1. The number of benzene rings is 1. The average Bonchev–Trinajstić information content (AvgIpc) is 2.53. The van der Waals surface area contributed by atoms with E-state index < -0.39 is 17.7 Å². The predicted molar refractivity (Wildman–Crippen MR) is 80.6 cm³/mol. The maximum atomic E-state index is 12.2. The number of carbonyl (C=O) groups excluding carboxylic acids is 2. The van der Waals surface area contributed by atoms with Gasteiger partial charge in [-0.15, -0.1) is 0 Å². The lowest BCUT2D eigenvalue weighted by Crippen LogP contribution is -2.47. The molecule has 0 amide bonds. The zero-order valence-corrected chi connectivity index (χ0v) is 12.8. The minimum absolute atomic E-state index is 0.0235. The van der Waals surface area contributed by atoms with Gasteiger partial charge in [-0.3, -0.25) is 0 Å². The van der Waals surface area contributed by atoms with Gasteiger partial charge < -0.3 is 19.3 Å². The Morgan fingerprint density at radius 1 is 1.13 bits per heavy atom. The van der Waals surface area contributed by atoms with E-state index in [0.29, 0.717) is 18.4 Å². The molecule has 1 aromatic carbocycles. The van der Waals surface area contributed by atoms with Crippen LogP contribution in [0, 0.1) is 0 Å². The summed E-state index contributed by atoms with van der Waals surface area (Å²) in [6.07, 6.45) is 5.26. The van der Waals surface area contributed by atoms with Gasteiger partial charge in [0.1, 0.15) is 5.57 Å². The van der Waals surface area contributed by atoms with Crippen LogP contribution in [-0.2, 0) is 19.1 Å². The van der Waals surface area contributed by atoms with Crippen LogP contribution in [0.3, 0.4) is 0 Å². The van der Waals surface area contributed by atoms with Gasteiger partial charge in [-0.25, -0.2) is 9.59 Å². The fourth-order valence-corrected chi connectivity index (χ4v) is 2.92. The van der Waals surface area contributed by atoms with Gasteiger partial charge in [0, 0.05) is 12.8 Å². The first-order valence-corrected chi connectivity index (χ1v) is 7.58. The second kappa shape index (κ2) is 5.95. The second-order valence-corrected chi connectivity index (χ2v) is 5.74. The fourth-order valence-electron chi connectivity index (χ4n) is 2.92. The second-order valence-electron chi connectivity index (χ2n) is 5.74. The molecule has 23 heavy (non-hydrogen) atoms. The van der Waals surface area contributed by atoms with E-state index in [9.17, 15) is 14.7 Å². The summed E-state index contributed by atoms with van der Waals surface area (Å²) in [6, 6.07) is 4.51. The first kappa shape index (κ1) is 15.4. The van der Waals surface area contributed by atoms with Gasteiger partial charge in [0.15, 0.2) is 11.5 Å². The van der Waals surface area contributed by atoms with Gasteiger partial charge in [-0.05, 0) is 36.6 Å². The Bertz CT molecular complexity index is 648. The third-order valence-electron chi connectivity index (χ3n) is 4.13. The van der Waals surface area contributed by atoms with Crippen LogP contribution >= 0.6 is 0 Å². The lowest BCUT2D eigenvalue weighted by Gasteiger charge is -2.38. The van der Waals surface area contributed by atoms with Crippen LogP contribution in [0.2, 0.25) is 0 Å².